The molecule has 6 heteroatoms. The van der Waals surface area contributed by atoms with Crippen molar-refractivity contribution in [1.29, 1.82) is 0 Å². The van der Waals surface area contributed by atoms with Crippen LogP contribution in [0.1, 0.15) is 20.3 Å². The van der Waals surface area contributed by atoms with Gasteiger partial charge in [-0.3, -0.25) is 0 Å². The van der Waals surface area contributed by atoms with E-state index in [1.807, 2.05) is 6.92 Å². The van der Waals surface area contributed by atoms with E-state index in [0.717, 1.165) is 0 Å². The third kappa shape index (κ3) is 11.7. The van der Waals surface area contributed by atoms with Crippen LogP contribution in [0.5, 0.6) is 0 Å². The summed E-state index contributed by atoms with van der Waals surface area (Å²) in [7, 11) is -0.833. The Kier molecular flexibility index (Phi) is 16.6. The Balaban J connectivity index is -0.000000220. The molecule has 0 heterocycles. The number of hydrogen-bond donors (Lipinski definition) is 1. The molecule has 0 aromatic heterocycles. The molecule has 1 unspecified atom stereocenters. The Morgan fingerprint density at radius 1 is 1.77 bits per heavy atom. The fourth-order valence-electron chi connectivity index (χ4n) is 0.296. The number of terminal acetylenes is 1. The molecule has 0 amide bonds. The molecule has 4 nitrogen and oxygen atoms in total. The van der Waals surface area contributed by atoms with Gasteiger partial charge in [-0.15, -0.1) is 6.42 Å². The Hall–Kier alpha value is -0.313. The summed E-state index contributed by atoms with van der Waals surface area (Å²) >= 11 is 0. The molecule has 0 aliphatic rings. The van der Waals surface area contributed by atoms with Crippen molar-refractivity contribution in [1.82, 2.24) is 0 Å². The fraction of sp³-hybridized carbons (Fsp3) is 0.571. The molecule has 0 aromatic rings. The van der Waals surface area contributed by atoms with Crippen LogP contribution in [0.15, 0.2) is 0 Å². The molecule has 0 fully saturated rings. The maximum Gasteiger partial charge on any atom is 1.00 e. The first kappa shape index (κ1) is 18.5. The zero-order chi connectivity index (χ0) is 10.0. The van der Waals surface area contributed by atoms with Crippen LogP contribution >= 0.6 is 8.69 Å². The van der Waals surface area contributed by atoms with Crippen molar-refractivity contribution in [3.8, 4) is 12.3 Å². The van der Waals surface area contributed by atoms with E-state index in [9.17, 15) is 4.79 Å². The Bertz CT molecular complexity index is 180. The van der Waals surface area contributed by atoms with Gasteiger partial charge in [-0.25, -0.2) is 4.57 Å². The topological polar surface area (TPSA) is 63.6 Å². The van der Waals surface area contributed by atoms with E-state index in [2.05, 4.69) is 10.7 Å². The van der Waals surface area contributed by atoms with Crippen molar-refractivity contribution in [3.63, 3.8) is 0 Å². The van der Waals surface area contributed by atoms with E-state index in [1.165, 1.54) is 6.47 Å². The van der Waals surface area contributed by atoms with Crippen LogP contribution in [-0.4, -0.2) is 17.0 Å². The van der Waals surface area contributed by atoms with Gasteiger partial charge in [0, 0.05) is 0 Å². The van der Waals surface area contributed by atoms with Crippen molar-refractivity contribution in [2.45, 2.75) is 25.9 Å². The minimum Gasteiger partial charge on any atom is -0.640 e. The van der Waals surface area contributed by atoms with Gasteiger partial charge in [0.15, 0.2) is 0 Å². The van der Waals surface area contributed by atoms with E-state index in [1.54, 1.807) is 6.92 Å². The van der Waals surface area contributed by atoms with Gasteiger partial charge in [0.25, 0.3) is 0 Å². The fourth-order valence-corrected chi connectivity index (χ4v) is 0.296. The van der Waals surface area contributed by atoms with Crippen LogP contribution in [0, 0.1) is 12.3 Å². The first-order chi connectivity index (χ1) is 5.60. The second kappa shape index (κ2) is 11.7. The normalized spacial score (nSPS) is 12.2. The minimum absolute atomic E-state index is 0. The van der Waals surface area contributed by atoms with Crippen LogP contribution in [-0.2, 0) is 14.1 Å². The van der Waals surface area contributed by atoms with Crippen LogP contribution < -0.4 is 18.9 Å². The van der Waals surface area contributed by atoms with Gasteiger partial charge in [-0.2, -0.15) is 0 Å². The maximum atomic E-state index is 9.70. The summed E-state index contributed by atoms with van der Waals surface area (Å²) in [6.07, 6.45) is 5.66. The largest absolute Gasteiger partial charge is 1.00 e. The van der Waals surface area contributed by atoms with Gasteiger partial charge >= 0.3 is 27.5 Å². The third-order valence-electron chi connectivity index (χ3n) is 1.25. The molecule has 0 aliphatic carbocycles. The van der Waals surface area contributed by atoms with Gasteiger partial charge in [-0.05, 0) is 13.3 Å². The summed E-state index contributed by atoms with van der Waals surface area (Å²) in [6, 6.07) is 0. The Morgan fingerprint density at radius 3 is 2.23 bits per heavy atom. The molecule has 1 N–H and O–H groups in total. The smallest absolute Gasteiger partial charge is 0.640 e. The van der Waals surface area contributed by atoms with E-state index in [-0.39, 0.29) is 18.9 Å². The number of carbonyl (C=O) groups excluding carboxylic acids is 1. The molecule has 0 radical (unpaired) electrons. The molecule has 0 saturated heterocycles. The number of hydrogen-bond acceptors (Lipinski definition) is 3. The molecular formula is C7H10LiO4P. The predicted molar refractivity (Wildman–Crippen MR) is 44.1 cm³/mol. The molecule has 0 rings (SSSR count). The van der Waals surface area contributed by atoms with Crippen molar-refractivity contribution < 1.29 is 37.9 Å². The Morgan fingerprint density at radius 2 is 2.15 bits per heavy atom. The number of rotatable bonds is 3. The maximum absolute atomic E-state index is 9.70. The van der Waals surface area contributed by atoms with Gasteiger partial charge in [0.2, 0.25) is 0 Å². The van der Waals surface area contributed by atoms with Gasteiger partial charge < -0.3 is 14.4 Å². The van der Waals surface area contributed by atoms with Crippen LogP contribution in [0.4, 0.5) is 0 Å². The van der Waals surface area contributed by atoms with Crippen LogP contribution in [0.3, 0.4) is 0 Å². The first-order valence-electron chi connectivity index (χ1n) is 3.09. The molecule has 0 aliphatic heterocycles. The SMILES string of the molecule is C#CC(C)(CC)O[C-]=O.O=PO.[Li+]. The van der Waals surface area contributed by atoms with Gasteiger partial charge in [0.1, 0.15) is 5.60 Å². The second-order valence-corrected chi connectivity index (χ2v) is 2.16. The molecule has 1 atom stereocenters. The van der Waals surface area contributed by atoms with Crippen LogP contribution in [0.2, 0.25) is 0 Å². The van der Waals surface area contributed by atoms with Gasteiger partial charge in [0.05, 0.1) is 0 Å². The zero-order valence-electron chi connectivity index (χ0n) is 7.90. The molecule has 0 spiro atoms. The summed E-state index contributed by atoms with van der Waals surface area (Å²) in [5.74, 6) is 2.34. The second-order valence-electron chi connectivity index (χ2n) is 2.00. The zero-order valence-corrected chi connectivity index (χ0v) is 8.80. The third-order valence-corrected chi connectivity index (χ3v) is 1.25. The van der Waals surface area contributed by atoms with E-state index in [4.69, 9.17) is 15.9 Å². The minimum atomic E-state index is -0.833. The molecule has 0 bridgehead atoms. The van der Waals surface area contributed by atoms with Crippen LogP contribution in [0.25, 0.3) is 0 Å². The monoisotopic (exact) mass is 196 g/mol. The average Bonchev–Trinajstić information content (AvgIpc) is 2.06. The van der Waals surface area contributed by atoms with Crippen molar-refractivity contribution >= 4 is 15.2 Å². The average molecular weight is 196 g/mol. The molecule has 68 valence electrons. The summed E-state index contributed by atoms with van der Waals surface area (Å²) in [6.45, 7) is 4.83. The summed E-state index contributed by atoms with van der Waals surface area (Å²) in [5, 5.41) is 0. The van der Waals surface area contributed by atoms with Gasteiger partial charge in [-0.1, -0.05) is 19.3 Å². The number of ether oxygens (including phenoxy) is 1. The Labute approximate surface area is 91.5 Å². The summed E-state index contributed by atoms with van der Waals surface area (Å²) in [5.41, 5.74) is -0.762. The van der Waals surface area contributed by atoms with Crippen molar-refractivity contribution in [2.24, 2.45) is 0 Å². The summed E-state index contributed by atoms with van der Waals surface area (Å²) < 4.78 is 12.9. The predicted octanol–water partition coefficient (Wildman–Crippen LogP) is -1.94. The standard InChI is InChI=1S/C7H9O2.Li.HO2P/c1-4-7(3,5-2)9-6-8;;1-3-2/h1H,5H2,2-3H3;;(H,1,2)/q-1;+1;. The quantitative estimate of drug-likeness (QED) is 0.247. The molecule has 0 saturated carbocycles. The summed E-state index contributed by atoms with van der Waals surface area (Å²) in [4.78, 5) is 16.7. The van der Waals surface area contributed by atoms with E-state index >= 15 is 0 Å². The first-order valence-corrected chi connectivity index (χ1v) is 3.86. The molecule has 0 aromatic carbocycles. The van der Waals surface area contributed by atoms with E-state index in [0.29, 0.717) is 6.42 Å². The molecule has 13 heavy (non-hydrogen) atoms. The van der Waals surface area contributed by atoms with E-state index < -0.39 is 14.3 Å². The molecular weight excluding hydrogens is 186 g/mol. The van der Waals surface area contributed by atoms with Crippen molar-refractivity contribution in [2.75, 3.05) is 0 Å². The van der Waals surface area contributed by atoms with Crippen molar-refractivity contribution in [3.05, 3.63) is 0 Å².